The third-order valence-electron chi connectivity index (χ3n) is 3.26. The second-order valence-corrected chi connectivity index (χ2v) is 5.06. The Labute approximate surface area is 136 Å². The van der Waals surface area contributed by atoms with Crippen LogP contribution in [0.2, 0.25) is 0 Å². The van der Waals surface area contributed by atoms with Crippen molar-refractivity contribution in [1.82, 2.24) is 4.98 Å². The van der Waals surface area contributed by atoms with E-state index in [2.05, 4.69) is 10.3 Å². The number of hydrogen-bond acceptors (Lipinski definition) is 5. The molecule has 2 heterocycles. The van der Waals surface area contributed by atoms with Crippen molar-refractivity contribution in [3.8, 4) is 0 Å². The third kappa shape index (κ3) is 3.30. The van der Waals surface area contributed by atoms with Gasteiger partial charge in [-0.2, -0.15) is 0 Å². The van der Waals surface area contributed by atoms with Crippen LogP contribution in [0.1, 0.15) is 18.4 Å². The van der Waals surface area contributed by atoms with Crippen molar-refractivity contribution in [2.45, 2.75) is 6.92 Å². The quantitative estimate of drug-likeness (QED) is 0.580. The van der Waals surface area contributed by atoms with Crippen LogP contribution in [0.4, 0.5) is 11.6 Å². The highest BCUT2D eigenvalue weighted by atomic mass is 16.6. The van der Waals surface area contributed by atoms with Gasteiger partial charge in [-0.3, -0.25) is 14.9 Å². The molecular formula is C17H13N3O4. The number of carbonyl (C=O) groups is 1. The van der Waals surface area contributed by atoms with Crippen LogP contribution in [0.25, 0.3) is 23.1 Å². The number of para-hydroxylation sites is 1. The van der Waals surface area contributed by atoms with Gasteiger partial charge in [0.2, 0.25) is 5.91 Å². The molecule has 1 aromatic carbocycles. The number of aromatic nitrogens is 1. The van der Waals surface area contributed by atoms with Crippen LogP contribution in [0.3, 0.4) is 0 Å². The molecule has 7 heteroatoms. The van der Waals surface area contributed by atoms with E-state index in [1.54, 1.807) is 18.2 Å². The fourth-order valence-electron chi connectivity index (χ4n) is 2.24. The van der Waals surface area contributed by atoms with Gasteiger partial charge in [0.1, 0.15) is 10.7 Å². The molecule has 0 aliphatic heterocycles. The van der Waals surface area contributed by atoms with E-state index in [-0.39, 0.29) is 11.8 Å². The number of hydrogen-bond donors (Lipinski definition) is 1. The van der Waals surface area contributed by atoms with Gasteiger partial charge in [-0.15, -0.1) is 0 Å². The van der Waals surface area contributed by atoms with E-state index >= 15 is 0 Å². The molecule has 0 unspecified atom stereocenters. The highest BCUT2D eigenvalue weighted by Crippen LogP contribution is 2.23. The summed E-state index contributed by atoms with van der Waals surface area (Å²) >= 11 is 0. The Balaban J connectivity index is 1.93. The number of amides is 1. The fourth-order valence-corrected chi connectivity index (χ4v) is 2.24. The summed E-state index contributed by atoms with van der Waals surface area (Å²) in [4.78, 5) is 25.8. The summed E-state index contributed by atoms with van der Waals surface area (Å²) in [6.45, 7) is 1.44. The zero-order valence-corrected chi connectivity index (χ0v) is 12.7. The second-order valence-electron chi connectivity index (χ2n) is 5.06. The van der Waals surface area contributed by atoms with Gasteiger partial charge < -0.3 is 9.73 Å². The third-order valence-corrected chi connectivity index (χ3v) is 3.26. The number of anilines is 1. The fraction of sp³-hybridized carbons (Fsp3) is 0.0588. The Morgan fingerprint density at radius 3 is 2.75 bits per heavy atom. The van der Waals surface area contributed by atoms with Crippen molar-refractivity contribution in [1.29, 1.82) is 0 Å². The average molecular weight is 323 g/mol. The Morgan fingerprint density at radius 2 is 2.04 bits per heavy atom. The molecule has 0 saturated heterocycles. The standard InChI is InChI=1S/C17H13N3O4/c1-11(21)18-15-4-2-3-12-5-6-13(19-17(12)15)7-8-14-9-10-16(24-14)20(22)23/h2-10H,1H3,(H,18,21)/b8-7+. The van der Waals surface area contributed by atoms with Gasteiger partial charge in [-0.25, -0.2) is 4.98 Å². The second kappa shape index (κ2) is 6.33. The van der Waals surface area contributed by atoms with E-state index in [4.69, 9.17) is 4.42 Å². The van der Waals surface area contributed by atoms with E-state index in [0.717, 1.165) is 5.39 Å². The summed E-state index contributed by atoms with van der Waals surface area (Å²) in [6, 6.07) is 12.0. The normalized spacial score (nSPS) is 11.0. The number of pyridine rings is 1. The molecule has 24 heavy (non-hydrogen) atoms. The first-order valence-electron chi connectivity index (χ1n) is 7.12. The monoisotopic (exact) mass is 323 g/mol. The molecule has 0 atom stereocenters. The van der Waals surface area contributed by atoms with Crippen molar-refractivity contribution < 1.29 is 14.1 Å². The summed E-state index contributed by atoms with van der Waals surface area (Å²) in [7, 11) is 0. The maximum atomic E-state index is 11.3. The van der Waals surface area contributed by atoms with Gasteiger partial charge in [0, 0.05) is 12.3 Å². The Bertz CT molecular complexity index is 959. The lowest BCUT2D eigenvalue weighted by molar-refractivity contribution is -0.402. The number of rotatable bonds is 4. The SMILES string of the molecule is CC(=O)Nc1cccc2ccc(/C=C/c3ccc([N+](=O)[O-])o3)nc12. The molecule has 120 valence electrons. The smallest absolute Gasteiger partial charge is 0.401 e. The molecule has 7 nitrogen and oxygen atoms in total. The van der Waals surface area contributed by atoms with Gasteiger partial charge >= 0.3 is 5.88 Å². The molecule has 0 aliphatic carbocycles. The topological polar surface area (TPSA) is 98.3 Å². The van der Waals surface area contributed by atoms with Crippen LogP contribution in [0.15, 0.2) is 46.9 Å². The number of fused-ring (bicyclic) bond motifs is 1. The number of nitro groups is 1. The van der Waals surface area contributed by atoms with Crippen LogP contribution < -0.4 is 5.32 Å². The molecule has 0 fully saturated rings. The highest BCUT2D eigenvalue weighted by Gasteiger charge is 2.10. The largest absolute Gasteiger partial charge is 0.433 e. The average Bonchev–Trinajstić information content (AvgIpc) is 3.02. The van der Waals surface area contributed by atoms with E-state index in [0.29, 0.717) is 22.7 Å². The molecular weight excluding hydrogens is 310 g/mol. The molecule has 1 N–H and O–H groups in total. The lowest BCUT2D eigenvalue weighted by Gasteiger charge is -2.06. The maximum Gasteiger partial charge on any atom is 0.433 e. The molecule has 3 aromatic rings. The molecule has 2 aromatic heterocycles. The molecule has 3 rings (SSSR count). The summed E-state index contributed by atoms with van der Waals surface area (Å²) < 4.78 is 5.06. The van der Waals surface area contributed by atoms with Gasteiger partial charge in [0.15, 0.2) is 0 Å². The minimum absolute atomic E-state index is 0.173. The minimum atomic E-state index is -0.592. The van der Waals surface area contributed by atoms with Gasteiger partial charge in [-0.1, -0.05) is 18.2 Å². The minimum Gasteiger partial charge on any atom is -0.401 e. The summed E-state index contributed by atoms with van der Waals surface area (Å²) in [6.07, 6.45) is 3.29. The molecule has 0 bridgehead atoms. The number of carbonyl (C=O) groups excluding carboxylic acids is 1. The van der Waals surface area contributed by atoms with Crippen LogP contribution in [-0.2, 0) is 4.79 Å². The number of furan rings is 1. The lowest BCUT2D eigenvalue weighted by Crippen LogP contribution is -2.06. The summed E-state index contributed by atoms with van der Waals surface area (Å²) in [5.41, 5.74) is 1.93. The molecule has 0 spiro atoms. The Hall–Kier alpha value is -3.48. The summed E-state index contributed by atoms with van der Waals surface area (Å²) in [5, 5.41) is 14.2. The molecule has 1 amide bonds. The first-order chi connectivity index (χ1) is 11.5. The van der Waals surface area contributed by atoms with Gasteiger partial charge in [0.05, 0.1) is 23.0 Å². The van der Waals surface area contributed by atoms with E-state index in [1.165, 1.54) is 19.1 Å². The van der Waals surface area contributed by atoms with Crippen LogP contribution in [-0.4, -0.2) is 15.8 Å². The van der Waals surface area contributed by atoms with Gasteiger partial charge in [-0.05, 0) is 30.4 Å². The molecule has 0 saturated carbocycles. The van der Waals surface area contributed by atoms with E-state index in [1.807, 2.05) is 24.3 Å². The lowest BCUT2D eigenvalue weighted by atomic mass is 10.1. The number of nitrogens with zero attached hydrogens (tertiary/aromatic N) is 2. The van der Waals surface area contributed by atoms with Crippen molar-refractivity contribution >= 4 is 40.5 Å². The molecule has 0 radical (unpaired) electrons. The predicted octanol–water partition coefficient (Wildman–Crippen LogP) is 3.86. The van der Waals surface area contributed by atoms with Crippen molar-refractivity contribution in [3.05, 3.63) is 64.0 Å². The highest BCUT2D eigenvalue weighted by molar-refractivity contribution is 5.99. The predicted molar refractivity (Wildman–Crippen MR) is 90.3 cm³/mol. The maximum absolute atomic E-state index is 11.3. The van der Waals surface area contributed by atoms with Crippen LogP contribution in [0.5, 0.6) is 0 Å². The Morgan fingerprint density at radius 1 is 1.21 bits per heavy atom. The van der Waals surface area contributed by atoms with E-state index < -0.39 is 4.92 Å². The zero-order chi connectivity index (χ0) is 17.1. The first kappa shape index (κ1) is 15.4. The Kier molecular flexibility index (Phi) is 4.07. The van der Waals surface area contributed by atoms with Crippen LogP contribution in [0, 0.1) is 10.1 Å². The number of nitrogens with one attached hydrogen (secondary N) is 1. The van der Waals surface area contributed by atoms with Crippen LogP contribution >= 0.6 is 0 Å². The van der Waals surface area contributed by atoms with Gasteiger partial charge in [0.25, 0.3) is 0 Å². The van der Waals surface area contributed by atoms with Crippen molar-refractivity contribution in [2.24, 2.45) is 0 Å². The number of benzene rings is 1. The first-order valence-corrected chi connectivity index (χ1v) is 7.12. The zero-order valence-electron chi connectivity index (χ0n) is 12.7. The molecule has 0 aliphatic rings. The van der Waals surface area contributed by atoms with E-state index in [9.17, 15) is 14.9 Å². The van der Waals surface area contributed by atoms with Crippen molar-refractivity contribution in [3.63, 3.8) is 0 Å². The van der Waals surface area contributed by atoms with Crippen molar-refractivity contribution in [2.75, 3.05) is 5.32 Å². The summed E-state index contributed by atoms with van der Waals surface area (Å²) in [5.74, 6) is -0.124.